The molecule has 45 nitrogen and oxygen atoms in total. The van der Waals surface area contributed by atoms with E-state index in [9.17, 15) is 126 Å². The number of aliphatic hydroxyl groups excluding tert-OH is 17. The van der Waals surface area contributed by atoms with Crippen LogP contribution in [-0.4, -0.2) is 422 Å². The van der Waals surface area contributed by atoms with Crippen LogP contribution in [0.1, 0.15) is 155 Å². The van der Waals surface area contributed by atoms with E-state index in [1.165, 1.54) is 98.8 Å². The van der Waals surface area contributed by atoms with Crippen molar-refractivity contribution in [2.75, 3.05) is 39.6 Å². The molecule has 8 heterocycles. The van der Waals surface area contributed by atoms with Gasteiger partial charge in [0.05, 0.1) is 98.3 Å². The van der Waals surface area contributed by atoms with Gasteiger partial charge in [-0.3, -0.25) is 9.59 Å². The quantitative estimate of drug-likeness (QED) is 0.0124. The normalized spacial score (nSPS) is 41.4. The first-order valence-corrected chi connectivity index (χ1v) is 45.8. The lowest BCUT2D eigenvalue weighted by Gasteiger charge is -2.48. The molecule has 0 aromatic carbocycles. The molecular formula is C91H146O45. The summed E-state index contributed by atoms with van der Waals surface area (Å²) in [6, 6.07) is 0. The number of aliphatic hydroxyl groups is 20. The lowest BCUT2D eigenvalue weighted by molar-refractivity contribution is -0.380. The van der Waals surface area contributed by atoms with Crippen LogP contribution in [0.5, 0.6) is 0 Å². The molecule has 0 aromatic rings. The Kier molecular flexibility index (Phi) is 43.0. The van der Waals surface area contributed by atoms with Gasteiger partial charge in [-0.25, -0.2) is 14.4 Å². The maximum Gasteiger partial charge on any atom is 0.333 e. The Morgan fingerprint density at radius 1 is 0.368 bits per heavy atom. The van der Waals surface area contributed by atoms with Crippen LogP contribution >= 0.6 is 0 Å². The lowest BCUT2D eigenvalue weighted by Crippen LogP contribution is -2.66. The molecule has 0 amide bonds. The van der Waals surface area contributed by atoms with E-state index >= 15 is 0 Å². The van der Waals surface area contributed by atoms with Crippen LogP contribution in [0.2, 0.25) is 0 Å². The Morgan fingerprint density at radius 2 is 0.757 bits per heavy atom. The van der Waals surface area contributed by atoms with Crippen molar-refractivity contribution >= 4 is 29.8 Å². The van der Waals surface area contributed by atoms with Crippen molar-refractivity contribution in [3.8, 4) is 0 Å². The standard InChI is InChI=1S/C53H84O26.C38H62O19/c1-12-52(10,66)18-14-16-24(5)45(64)74-41-33(57)30(22-70-50-42(34(58)32(56)27(8)71-50)75-46(65)25(6)17-15-19-53(11,67)13-2)73-51(79-44(63)23(3)4)43(41)78-49-37(61)35(59)39(28(9)72-49)76-48-38(62)40(29(54)21-69-48)77-47-36(60)31(55)26(7)20-68-47;1-8-38(7,49)13-9-10-18(3)32(47)55-30-26(44)21(14-39)53-35(57-36(48)37(4,5)6)31(30)56-33-27(45)25(43)22(16-51-33)54-34-28(46)29(19(40)15-50-34)52-20-12-11-17(2)23(41)24(20)42/h12-13,16-17,23,26-43,47-51,54-62,66-67H,1-2,14-15,18-22H2,3-11H3;8,10,17,19-31,33-35,39-46,49H,1,9,11-16H2,2-7H3/b24-16+,25-17+;18-10+. The van der Waals surface area contributed by atoms with Crippen LogP contribution in [0.15, 0.2) is 72.9 Å². The van der Waals surface area contributed by atoms with Crippen molar-refractivity contribution in [2.45, 2.75) is 405 Å². The van der Waals surface area contributed by atoms with E-state index in [0.29, 0.717) is 12.8 Å². The second kappa shape index (κ2) is 50.6. The van der Waals surface area contributed by atoms with Crippen molar-refractivity contribution in [3.63, 3.8) is 0 Å². The van der Waals surface area contributed by atoms with E-state index in [1.54, 1.807) is 41.5 Å². The summed E-state index contributed by atoms with van der Waals surface area (Å²) in [4.78, 5) is 67.0. The molecule has 43 atom stereocenters. The Labute approximate surface area is 788 Å². The molecule has 0 spiro atoms. The van der Waals surface area contributed by atoms with Crippen molar-refractivity contribution in [2.24, 2.45) is 23.2 Å². The van der Waals surface area contributed by atoms with Crippen LogP contribution in [0.25, 0.3) is 0 Å². The summed E-state index contributed by atoms with van der Waals surface area (Å²) in [5, 5.41) is 218. The summed E-state index contributed by atoms with van der Waals surface area (Å²) in [6.45, 7) is 30.6. The summed E-state index contributed by atoms with van der Waals surface area (Å²) >= 11 is 0. The van der Waals surface area contributed by atoms with Gasteiger partial charge in [0.2, 0.25) is 12.6 Å². The van der Waals surface area contributed by atoms with Crippen LogP contribution in [0.3, 0.4) is 0 Å². The molecule has 45 heteroatoms. The molecule has 0 bridgehead atoms. The fraction of sp³-hybridized carbons (Fsp3) is 0.813. The van der Waals surface area contributed by atoms with Crippen LogP contribution in [-0.2, 0) is 119 Å². The predicted molar refractivity (Wildman–Crippen MR) is 462 cm³/mol. The van der Waals surface area contributed by atoms with Crippen molar-refractivity contribution in [3.05, 3.63) is 72.9 Å². The SMILES string of the molecule is C=CC(C)(O)CC/C=C(\C)C(=O)OC1C(O)C(CO)OC(OC(=O)C(C)(C)C)C1OC1OCC(OC2OCC(O)C(OC3CCC(C)C(O)C3O)C2O)C(O)C1O.C=CC(C)(O)CC/C=C(\C)C(=O)OC1C(OCC2OC(OC(=O)C(C)C)C(OC3OC(C)C(OC4OCC(O)C(OC5OCC(C)C(O)C5O)C4O)C(O)C3O)C(OC(=O)/C(C)=C/CCC(C)(O)C=C)C2O)OC(C)C(O)C1O. The Bertz CT molecular complexity index is 3930. The second-order valence-corrected chi connectivity index (χ2v) is 38.4. The fourth-order valence-corrected chi connectivity index (χ4v) is 15.7. The molecule has 0 aromatic heterocycles. The third-order valence-electron chi connectivity index (χ3n) is 25.3. The van der Waals surface area contributed by atoms with E-state index < -0.39 is 324 Å². The average molecular weight is 1960 g/mol. The minimum atomic E-state index is -2.07. The lowest BCUT2D eigenvalue weighted by atomic mass is 9.83. The average Bonchev–Trinajstić information content (AvgIpc) is 0.777. The summed E-state index contributed by atoms with van der Waals surface area (Å²) in [5.74, 6) is -6.08. The number of ether oxygens (including phenoxy) is 20. The summed E-state index contributed by atoms with van der Waals surface area (Å²) in [7, 11) is 0. The molecule has 8 aliphatic heterocycles. The summed E-state index contributed by atoms with van der Waals surface area (Å²) in [6.07, 6.45) is -50.3. The fourth-order valence-electron chi connectivity index (χ4n) is 15.7. The Morgan fingerprint density at radius 3 is 1.25 bits per heavy atom. The molecule has 9 rings (SSSR count). The van der Waals surface area contributed by atoms with Crippen LogP contribution in [0.4, 0.5) is 0 Å². The first-order valence-electron chi connectivity index (χ1n) is 45.8. The van der Waals surface area contributed by atoms with Crippen LogP contribution < -0.4 is 0 Å². The molecule has 9 aliphatic rings. The number of hydrogen-bond acceptors (Lipinski definition) is 45. The largest absolute Gasteiger partial charge is 0.453 e. The third kappa shape index (κ3) is 30.3. The van der Waals surface area contributed by atoms with Crippen molar-refractivity contribution in [1.29, 1.82) is 0 Å². The van der Waals surface area contributed by atoms with Gasteiger partial charge in [-0.2, -0.15) is 0 Å². The smallest absolute Gasteiger partial charge is 0.333 e. The first-order chi connectivity index (χ1) is 63.5. The molecule has 1 saturated carbocycles. The van der Waals surface area contributed by atoms with E-state index in [1.807, 2.05) is 0 Å². The number of esters is 5. The zero-order valence-corrected chi connectivity index (χ0v) is 79.3. The van der Waals surface area contributed by atoms with Gasteiger partial charge in [0.25, 0.3) is 0 Å². The van der Waals surface area contributed by atoms with Gasteiger partial charge in [0.15, 0.2) is 68.3 Å². The van der Waals surface area contributed by atoms with Gasteiger partial charge in [0, 0.05) is 22.6 Å². The van der Waals surface area contributed by atoms with Crippen molar-refractivity contribution in [1.82, 2.24) is 0 Å². The second-order valence-electron chi connectivity index (χ2n) is 38.4. The molecule has 0 radical (unpaired) electrons. The van der Waals surface area contributed by atoms with Crippen molar-refractivity contribution < 1.29 is 221 Å². The zero-order chi connectivity index (χ0) is 102. The minimum Gasteiger partial charge on any atom is -0.453 e. The number of hydrogen-bond donors (Lipinski definition) is 20. The highest BCUT2D eigenvalue weighted by atomic mass is 16.8. The van der Waals surface area contributed by atoms with Gasteiger partial charge in [-0.15, -0.1) is 19.7 Å². The topological polar surface area (TPSA) is 675 Å². The van der Waals surface area contributed by atoms with E-state index in [2.05, 4.69) is 19.7 Å². The highest BCUT2D eigenvalue weighted by Crippen LogP contribution is 2.40. The number of allylic oxidation sites excluding steroid dienone is 3. The van der Waals surface area contributed by atoms with E-state index in [0.717, 1.165) is 0 Å². The Hall–Kier alpha value is -5.61. The number of carbonyl (C=O) groups excluding carboxylic acids is 5. The van der Waals surface area contributed by atoms with Gasteiger partial charge in [-0.1, -0.05) is 64.2 Å². The summed E-state index contributed by atoms with van der Waals surface area (Å²) in [5.41, 5.74) is -4.66. The van der Waals surface area contributed by atoms with Gasteiger partial charge >= 0.3 is 29.8 Å². The first kappa shape index (κ1) is 116. The van der Waals surface area contributed by atoms with Gasteiger partial charge in [0.1, 0.15) is 122 Å². The molecule has 1 aliphatic carbocycles. The molecule has 9 fully saturated rings. The third-order valence-corrected chi connectivity index (χ3v) is 25.3. The molecule has 136 heavy (non-hydrogen) atoms. The van der Waals surface area contributed by atoms with Gasteiger partial charge in [-0.05, 0) is 133 Å². The molecular weight excluding hydrogens is 1810 g/mol. The zero-order valence-electron chi connectivity index (χ0n) is 79.3. The van der Waals surface area contributed by atoms with E-state index in [4.69, 9.17) is 94.7 Å². The maximum atomic E-state index is 13.9. The maximum absolute atomic E-state index is 13.9. The molecule has 8 saturated heterocycles. The molecule has 20 N–H and O–H groups in total. The number of carbonyl (C=O) groups is 5. The highest BCUT2D eigenvalue weighted by Gasteiger charge is 2.59. The molecule has 43 unspecified atom stereocenters. The Balaban J connectivity index is 0.000000352. The van der Waals surface area contributed by atoms with Crippen LogP contribution in [0, 0.1) is 23.2 Å². The van der Waals surface area contributed by atoms with Gasteiger partial charge < -0.3 is 197 Å². The summed E-state index contributed by atoms with van der Waals surface area (Å²) < 4.78 is 116. The molecule has 780 valence electrons. The monoisotopic (exact) mass is 1960 g/mol. The highest BCUT2D eigenvalue weighted by molar-refractivity contribution is 5.89. The predicted octanol–water partition coefficient (Wildman–Crippen LogP) is -3.62. The van der Waals surface area contributed by atoms with E-state index in [-0.39, 0.29) is 74.4 Å². The number of rotatable bonds is 37. The minimum absolute atomic E-state index is 0.0104.